The highest BCUT2D eigenvalue weighted by atomic mass is 127. The van der Waals surface area contributed by atoms with E-state index in [1.165, 1.54) is 12.0 Å². The summed E-state index contributed by atoms with van der Waals surface area (Å²) >= 11 is 0. The number of carbonyl (C=O) groups is 1. The van der Waals surface area contributed by atoms with Crippen LogP contribution in [0.2, 0.25) is 0 Å². The summed E-state index contributed by atoms with van der Waals surface area (Å²) in [6.07, 6.45) is 5.53. The van der Waals surface area contributed by atoms with Crippen molar-refractivity contribution in [2.75, 3.05) is 26.7 Å². The molecular weight excluding hydrogens is 527 g/mol. The zero-order valence-electron chi connectivity index (χ0n) is 20.7. The summed E-state index contributed by atoms with van der Waals surface area (Å²) in [5.74, 6) is 1.38. The van der Waals surface area contributed by atoms with Crippen LogP contribution >= 0.6 is 24.0 Å². The van der Waals surface area contributed by atoms with Crippen LogP contribution in [0, 0.1) is 0 Å². The number of rotatable bonds is 7. The van der Waals surface area contributed by atoms with Crippen molar-refractivity contribution >= 4 is 35.8 Å². The lowest BCUT2D eigenvalue weighted by Gasteiger charge is -2.26. The minimum Gasteiger partial charge on any atom is -0.357 e. The number of carbonyl (C=O) groups excluding carboxylic acids is 1. The van der Waals surface area contributed by atoms with E-state index in [9.17, 15) is 4.79 Å². The Morgan fingerprint density at radius 3 is 2.45 bits per heavy atom. The predicted molar refractivity (Wildman–Crippen MR) is 145 cm³/mol. The Kier molecular flexibility index (Phi) is 10.7. The van der Waals surface area contributed by atoms with Crippen molar-refractivity contribution in [2.45, 2.75) is 59.0 Å². The van der Waals surface area contributed by atoms with Crippen molar-refractivity contribution in [1.82, 2.24) is 24.9 Å². The quantitative estimate of drug-likeness (QED) is 0.307. The molecule has 1 aromatic heterocycles. The van der Waals surface area contributed by atoms with Gasteiger partial charge in [0, 0.05) is 57.6 Å². The summed E-state index contributed by atoms with van der Waals surface area (Å²) in [6, 6.07) is 7.90. The van der Waals surface area contributed by atoms with Gasteiger partial charge in [0.15, 0.2) is 5.96 Å². The van der Waals surface area contributed by atoms with Gasteiger partial charge in [0.2, 0.25) is 0 Å². The standard InChI is InChI=1S/C25H38N6O.HI/c1-6-26-25(29(4)17-22-18-30(5)28-23(22)19(2)3)27-16-20-10-12-21(13-11-20)24(32)31-14-8-7-9-15-31;/h10-13,18-19H,6-9,14-17H2,1-5H3,(H,26,27);1H. The monoisotopic (exact) mass is 566 g/mol. The second-order valence-corrected chi connectivity index (χ2v) is 8.94. The van der Waals surface area contributed by atoms with Gasteiger partial charge >= 0.3 is 0 Å². The molecule has 1 aliphatic heterocycles. The van der Waals surface area contributed by atoms with Crippen LogP contribution in [0.15, 0.2) is 35.5 Å². The smallest absolute Gasteiger partial charge is 0.253 e. The molecule has 182 valence electrons. The minimum atomic E-state index is 0. The molecule has 0 aliphatic carbocycles. The summed E-state index contributed by atoms with van der Waals surface area (Å²) < 4.78 is 1.88. The number of guanidine groups is 1. The molecular formula is C25H39IN6O. The highest BCUT2D eigenvalue weighted by Crippen LogP contribution is 2.19. The van der Waals surface area contributed by atoms with Gasteiger partial charge < -0.3 is 15.1 Å². The molecule has 1 fully saturated rings. The van der Waals surface area contributed by atoms with Crippen LogP contribution in [0.25, 0.3) is 0 Å². The Hall–Kier alpha value is -2.10. The highest BCUT2D eigenvalue weighted by Gasteiger charge is 2.18. The van der Waals surface area contributed by atoms with E-state index in [-0.39, 0.29) is 29.9 Å². The number of nitrogens with zero attached hydrogens (tertiary/aromatic N) is 5. The molecule has 2 aromatic rings. The second kappa shape index (κ2) is 13.0. The topological polar surface area (TPSA) is 65.8 Å². The van der Waals surface area contributed by atoms with Gasteiger partial charge in [-0.1, -0.05) is 26.0 Å². The number of likely N-dealkylation sites (tertiary alicyclic amines) is 1. The Labute approximate surface area is 215 Å². The van der Waals surface area contributed by atoms with Crippen LogP contribution in [0.4, 0.5) is 0 Å². The van der Waals surface area contributed by atoms with Crippen molar-refractivity contribution in [2.24, 2.45) is 12.0 Å². The Balaban J connectivity index is 0.00000385. The fraction of sp³-hybridized carbons (Fsp3) is 0.560. The predicted octanol–water partition coefficient (Wildman–Crippen LogP) is 4.39. The Morgan fingerprint density at radius 1 is 1.18 bits per heavy atom. The lowest BCUT2D eigenvalue weighted by Crippen LogP contribution is -2.38. The van der Waals surface area contributed by atoms with E-state index >= 15 is 0 Å². The molecule has 0 radical (unpaired) electrons. The van der Waals surface area contributed by atoms with Crippen LogP contribution in [-0.2, 0) is 20.1 Å². The van der Waals surface area contributed by atoms with E-state index in [4.69, 9.17) is 4.99 Å². The maximum Gasteiger partial charge on any atom is 0.253 e. The molecule has 1 saturated heterocycles. The fourth-order valence-electron chi connectivity index (χ4n) is 4.16. The van der Waals surface area contributed by atoms with Crippen LogP contribution < -0.4 is 5.32 Å². The number of halogens is 1. The molecule has 1 N–H and O–H groups in total. The molecule has 0 unspecified atom stereocenters. The largest absolute Gasteiger partial charge is 0.357 e. The molecule has 0 saturated carbocycles. The number of hydrogen-bond acceptors (Lipinski definition) is 3. The normalized spacial score (nSPS) is 14.2. The molecule has 2 heterocycles. The number of aryl methyl sites for hydroxylation is 1. The van der Waals surface area contributed by atoms with Crippen molar-refractivity contribution in [3.05, 3.63) is 52.8 Å². The van der Waals surface area contributed by atoms with Crippen molar-refractivity contribution in [1.29, 1.82) is 0 Å². The maximum atomic E-state index is 12.7. The SMILES string of the molecule is CCNC(=NCc1ccc(C(=O)N2CCCCC2)cc1)N(C)Cc1cn(C)nc1C(C)C.I. The molecule has 3 rings (SSSR count). The first-order valence-corrected chi connectivity index (χ1v) is 11.8. The first kappa shape index (κ1) is 27.1. The molecule has 0 spiro atoms. The summed E-state index contributed by atoms with van der Waals surface area (Å²) in [4.78, 5) is 21.6. The van der Waals surface area contributed by atoms with Gasteiger partial charge in [-0.25, -0.2) is 4.99 Å². The van der Waals surface area contributed by atoms with Crippen molar-refractivity contribution < 1.29 is 4.79 Å². The molecule has 1 aromatic carbocycles. The van der Waals surface area contributed by atoms with Gasteiger partial charge in [-0.15, -0.1) is 24.0 Å². The second-order valence-electron chi connectivity index (χ2n) is 8.94. The lowest BCUT2D eigenvalue weighted by atomic mass is 10.1. The van der Waals surface area contributed by atoms with Crippen molar-refractivity contribution in [3.8, 4) is 0 Å². The van der Waals surface area contributed by atoms with Gasteiger partial charge in [0.25, 0.3) is 5.91 Å². The fourth-order valence-corrected chi connectivity index (χ4v) is 4.16. The van der Waals surface area contributed by atoms with Gasteiger partial charge in [-0.3, -0.25) is 9.48 Å². The van der Waals surface area contributed by atoms with E-state index in [0.29, 0.717) is 12.5 Å². The number of aliphatic imine (C=N–C) groups is 1. The first-order valence-electron chi connectivity index (χ1n) is 11.8. The molecule has 0 bridgehead atoms. The first-order chi connectivity index (χ1) is 15.4. The number of piperidine rings is 1. The molecule has 1 aliphatic rings. The zero-order chi connectivity index (χ0) is 23.1. The van der Waals surface area contributed by atoms with Gasteiger partial charge in [-0.2, -0.15) is 5.10 Å². The summed E-state index contributed by atoms with van der Waals surface area (Å²) in [5, 5.41) is 8.01. The summed E-state index contributed by atoms with van der Waals surface area (Å²) in [7, 11) is 4.02. The molecule has 7 nitrogen and oxygen atoms in total. The third-order valence-corrected chi connectivity index (χ3v) is 5.84. The molecule has 1 amide bonds. The number of benzene rings is 1. The van der Waals surface area contributed by atoms with Crippen LogP contribution in [-0.4, -0.2) is 58.1 Å². The number of hydrogen-bond donors (Lipinski definition) is 1. The van der Waals surface area contributed by atoms with Crippen LogP contribution in [0.3, 0.4) is 0 Å². The Morgan fingerprint density at radius 2 is 1.85 bits per heavy atom. The number of amides is 1. The third-order valence-electron chi connectivity index (χ3n) is 5.84. The maximum absolute atomic E-state index is 12.7. The van der Waals surface area contributed by atoms with Crippen LogP contribution in [0.1, 0.15) is 73.1 Å². The van der Waals surface area contributed by atoms with E-state index in [1.54, 1.807) is 0 Å². The van der Waals surface area contributed by atoms with Crippen LogP contribution in [0.5, 0.6) is 0 Å². The molecule has 8 heteroatoms. The zero-order valence-corrected chi connectivity index (χ0v) is 23.0. The molecule has 0 atom stereocenters. The van der Waals surface area contributed by atoms with Gasteiger partial charge in [0.1, 0.15) is 0 Å². The van der Waals surface area contributed by atoms with Gasteiger partial charge in [0.05, 0.1) is 12.2 Å². The van der Waals surface area contributed by atoms with E-state index in [1.807, 2.05) is 40.9 Å². The van der Waals surface area contributed by atoms with Gasteiger partial charge in [-0.05, 0) is 49.8 Å². The summed E-state index contributed by atoms with van der Waals surface area (Å²) in [6.45, 7) is 10.3. The minimum absolute atomic E-state index is 0. The van der Waals surface area contributed by atoms with E-state index in [0.717, 1.165) is 61.8 Å². The third kappa shape index (κ3) is 7.45. The Bertz CT molecular complexity index is 915. The highest BCUT2D eigenvalue weighted by molar-refractivity contribution is 14.0. The van der Waals surface area contributed by atoms with Crippen molar-refractivity contribution in [3.63, 3.8) is 0 Å². The average molecular weight is 567 g/mol. The van der Waals surface area contributed by atoms with E-state index in [2.05, 4.69) is 49.3 Å². The summed E-state index contributed by atoms with van der Waals surface area (Å²) in [5.41, 5.74) is 4.20. The molecule has 33 heavy (non-hydrogen) atoms. The lowest BCUT2D eigenvalue weighted by molar-refractivity contribution is 0.0724. The average Bonchev–Trinajstić information content (AvgIpc) is 3.17. The number of aromatic nitrogens is 2. The van der Waals surface area contributed by atoms with E-state index < -0.39 is 0 Å². The number of nitrogens with one attached hydrogen (secondary N) is 1.